The van der Waals surface area contributed by atoms with E-state index in [0.29, 0.717) is 10.7 Å². The van der Waals surface area contributed by atoms with Crippen LogP contribution in [0.15, 0.2) is 60.8 Å². The lowest BCUT2D eigenvalue weighted by atomic mass is 10.0. The second-order valence-corrected chi connectivity index (χ2v) is 6.34. The minimum absolute atomic E-state index is 0.245. The normalized spacial score (nSPS) is 11.2. The zero-order valence-electron chi connectivity index (χ0n) is 13.3. The van der Waals surface area contributed by atoms with Gasteiger partial charge in [0.25, 0.3) is 0 Å². The van der Waals surface area contributed by atoms with Gasteiger partial charge in [-0.25, -0.2) is 13.5 Å². The molecular formula is C20H13ClF2N2. The van der Waals surface area contributed by atoms with Gasteiger partial charge in [0, 0.05) is 16.5 Å². The standard InChI is InChI=1S/C20H13ClF2N2/c1-12-7-17(10-18(22)20(12)23)25-19-6-5-14(8-15(19)11-24-25)13-3-2-4-16(21)9-13/h2-11H,1H3. The van der Waals surface area contributed by atoms with E-state index in [2.05, 4.69) is 5.10 Å². The van der Waals surface area contributed by atoms with Gasteiger partial charge in [-0.15, -0.1) is 0 Å². The second-order valence-electron chi connectivity index (χ2n) is 5.90. The van der Waals surface area contributed by atoms with Crippen LogP contribution in [-0.4, -0.2) is 9.78 Å². The van der Waals surface area contributed by atoms with Crippen molar-refractivity contribution in [2.45, 2.75) is 6.92 Å². The Kier molecular flexibility index (Phi) is 3.77. The first-order chi connectivity index (χ1) is 12.0. The van der Waals surface area contributed by atoms with Gasteiger partial charge in [-0.3, -0.25) is 0 Å². The third kappa shape index (κ3) is 2.79. The van der Waals surface area contributed by atoms with Crippen LogP contribution in [0, 0.1) is 18.6 Å². The lowest BCUT2D eigenvalue weighted by Crippen LogP contribution is -2.00. The van der Waals surface area contributed by atoms with Crippen molar-refractivity contribution in [2.75, 3.05) is 0 Å². The van der Waals surface area contributed by atoms with Gasteiger partial charge < -0.3 is 0 Å². The molecule has 0 bridgehead atoms. The van der Waals surface area contributed by atoms with E-state index in [-0.39, 0.29) is 5.56 Å². The SMILES string of the molecule is Cc1cc(-n2ncc3cc(-c4cccc(Cl)c4)ccc32)cc(F)c1F. The van der Waals surface area contributed by atoms with Crippen LogP contribution in [0.2, 0.25) is 5.02 Å². The minimum Gasteiger partial charge on any atom is -0.233 e. The van der Waals surface area contributed by atoms with Crippen molar-refractivity contribution >= 4 is 22.5 Å². The fourth-order valence-electron chi connectivity index (χ4n) is 2.92. The Morgan fingerprint density at radius 1 is 0.960 bits per heavy atom. The molecule has 0 saturated heterocycles. The van der Waals surface area contributed by atoms with E-state index in [0.717, 1.165) is 28.1 Å². The first-order valence-corrected chi connectivity index (χ1v) is 8.10. The van der Waals surface area contributed by atoms with Crippen LogP contribution >= 0.6 is 11.6 Å². The minimum atomic E-state index is -0.880. The summed E-state index contributed by atoms with van der Waals surface area (Å²) in [6.07, 6.45) is 1.71. The molecule has 0 aliphatic carbocycles. The van der Waals surface area contributed by atoms with Crippen LogP contribution in [0.4, 0.5) is 8.78 Å². The maximum Gasteiger partial charge on any atom is 0.161 e. The highest BCUT2D eigenvalue weighted by molar-refractivity contribution is 6.30. The van der Waals surface area contributed by atoms with Crippen molar-refractivity contribution < 1.29 is 8.78 Å². The largest absolute Gasteiger partial charge is 0.233 e. The molecule has 0 aliphatic rings. The lowest BCUT2D eigenvalue weighted by molar-refractivity contribution is 0.502. The predicted molar refractivity (Wildman–Crippen MR) is 96.2 cm³/mol. The molecule has 0 amide bonds. The molecule has 0 unspecified atom stereocenters. The Morgan fingerprint density at radius 3 is 2.52 bits per heavy atom. The molecule has 0 N–H and O–H groups in total. The van der Waals surface area contributed by atoms with Crippen LogP contribution in [0.1, 0.15) is 5.56 Å². The van der Waals surface area contributed by atoms with Gasteiger partial charge in [0.15, 0.2) is 11.6 Å². The summed E-state index contributed by atoms with van der Waals surface area (Å²) in [4.78, 5) is 0. The van der Waals surface area contributed by atoms with Gasteiger partial charge in [0.1, 0.15) is 0 Å². The van der Waals surface area contributed by atoms with Crippen molar-refractivity contribution in [3.05, 3.63) is 83.0 Å². The Hall–Kier alpha value is -2.72. The third-order valence-electron chi connectivity index (χ3n) is 4.17. The Morgan fingerprint density at radius 2 is 1.76 bits per heavy atom. The number of fused-ring (bicyclic) bond motifs is 1. The van der Waals surface area contributed by atoms with Gasteiger partial charge in [-0.1, -0.05) is 29.8 Å². The van der Waals surface area contributed by atoms with Crippen LogP contribution < -0.4 is 0 Å². The van der Waals surface area contributed by atoms with E-state index < -0.39 is 11.6 Å². The van der Waals surface area contributed by atoms with Crippen LogP contribution in [0.3, 0.4) is 0 Å². The van der Waals surface area contributed by atoms with Gasteiger partial charge in [-0.2, -0.15) is 5.10 Å². The van der Waals surface area contributed by atoms with E-state index in [1.165, 1.54) is 6.92 Å². The number of aryl methyl sites for hydroxylation is 1. The maximum absolute atomic E-state index is 13.7. The summed E-state index contributed by atoms with van der Waals surface area (Å²) in [5, 5.41) is 5.91. The highest BCUT2D eigenvalue weighted by Crippen LogP contribution is 2.28. The summed E-state index contributed by atoms with van der Waals surface area (Å²) in [6.45, 7) is 1.53. The Bertz CT molecular complexity index is 1080. The molecule has 3 aromatic carbocycles. The third-order valence-corrected chi connectivity index (χ3v) is 4.40. The van der Waals surface area contributed by atoms with Crippen LogP contribution in [0.25, 0.3) is 27.7 Å². The summed E-state index contributed by atoms with van der Waals surface area (Å²) in [6, 6.07) is 16.2. The van der Waals surface area contributed by atoms with Gasteiger partial charge in [0.2, 0.25) is 0 Å². The first-order valence-electron chi connectivity index (χ1n) is 7.73. The maximum atomic E-state index is 13.7. The number of hydrogen-bond donors (Lipinski definition) is 0. The van der Waals surface area contributed by atoms with E-state index in [1.807, 2.05) is 42.5 Å². The molecule has 5 heteroatoms. The number of rotatable bonds is 2. The average Bonchev–Trinajstić information content (AvgIpc) is 3.02. The Labute approximate surface area is 148 Å². The zero-order valence-corrected chi connectivity index (χ0v) is 14.1. The highest BCUT2D eigenvalue weighted by atomic mass is 35.5. The number of halogens is 3. The molecule has 0 aliphatic heterocycles. The average molecular weight is 355 g/mol. The Balaban J connectivity index is 1.83. The zero-order chi connectivity index (χ0) is 17.6. The molecule has 0 spiro atoms. The molecule has 4 rings (SSSR count). The first kappa shape index (κ1) is 15.8. The van der Waals surface area contributed by atoms with Crippen LogP contribution in [0.5, 0.6) is 0 Å². The molecule has 1 heterocycles. The van der Waals surface area contributed by atoms with Crippen LogP contribution in [-0.2, 0) is 0 Å². The van der Waals surface area contributed by atoms with Gasteiger partial charge in [-0.05, 0) is 53.9 Å². The molecule has 0 fully saturated rings. The molecule has 0 radical (unpaired) electrons. The van der Waals surface area contributed by atoms with Crippen molar-refractivity contribution in [1.29, 1.82) is 0 Å². The summed E-state index contributed by atoms with van der Waals surface area (Å²) in [5.74, 6) is -1.71. The monoisotopic (exact) mass is 354 g/mol. The van der Waals surface area contributed by atoms with Crippen molar-refractivity contribution in [1.82, 2.24) is 9.78 Å². The van der Waals surface area contributed by atoms with Gasteiger partial charge >= 0.3 is 0 Å². The molecule has 0 atom stereocenters. The molecule has 25 heavy (non-hydrogen) atoms. The molecule has 4 aromatic rings. The molecule has 124 valence electrons. The fourth-order valence-corrected chi connectivity index (χ4v) is 3.11. The number of aromatic nitrogens is 2. The fraction of sp³-hybridized carbons (Fsp3) is 0.0500. The molecular weight excluding hydrogens is 342 g/mol. The molecule has 2 nitrogen and oxygen atoms in total. The second kappa shape index (κ2) is 5.97. The quantitative estimate of drug-likeness (QED) is 0.436. The summed E-state index contributed by atoms with van der Waals surface area (Å²) >= 11 is 6.06. The van der Waals surface area contributed by atoms with E-state index in [1.54, 1.807) is 16.9 Å². The lowest BCUT2D eigenvalue weighted by Gasteiger charge is -2.07. The highest BCUT2D eigenvalue weighted by Gasteiger charge is 2.12. The van der Waals surface area contributed by atoms with Crippen molar-refractivity contribution in [3.63, 3.8) is 0 Å². The number of benzene rings is 3. The summed E-state index contributed by atoms with van der Waals surface area (Å²) in [5.41, 5.74) is 3.56. The molecule has 0 saturated carbocycles. The number of hydrogen-bond acceptors (Lipinski definition) is 1. The summed E-state index contributed by atoms with van der Waals surface area (Å²) < 4.78 is 28.9. The van der Waals surface area contributed by atoms with Gasteiger partial charge in [0.05, 0.1) is 17.4 Å². The summed E-state index contributed by atoms with van der Waals surface area (Å²) in [7, 11) is 0. The topological polar surface area (TPSA) is 17.8 Å². The van der Waals surface area contributed by atoms with Crippen molar-refractivity contribution in [2.24, 2.45) is 0 Å². The van der Waals surface area contributed by atoms with E-state index in [4.69, 9.17) is 11.6 Å². The van der Waals surface area contributed by atoms with E-state index >= 15 is 0 Å². The van der Waals surface area contributed by atoms with Crippen molar-refractivity contribution in [3.8, 4) is 16.8 Å². The smallest absolute Gasteiger partial charge is 0.161 e. The predicted octanol–water partition coefficient (Wildman–Crippen LogP) is 5.93. The molecule has 1 aromatic heterocycles. The number of nitrogens with zero attached hydrogens (tertiary/aromatic N) is 2. The van der Waals surface area contributed by atoms with E-state index in [9.17, 15) is 8.78 Å².